The average Bonchev–Trinajstić information content (AvgIpc) is 2.65. The van der Waals surface area contributed by atoms with Crippen molar-refractivity contribution in [2.24, 2.45) is 5.73 Å². The van der Waals surface area contributed by atoms with Crippen LogP contribution in [0, 0.1) is 12.3 Å². The van der Waals surface area contributed by atoms with Crippen LogP contribution in [0.3, 0.4) is 0 Å². The topological polar surface area (TPSA) is 85.1 Å². The molecule has 0 bridgehead atoms. The van der Waals surface area contributed by atoms with Gasteiger partial charge in [0.25, 0.3) is 5.91 Å². The first-order chi connectivity index (χ1) is 12.6. The Morgan fingerprint density at radius 3 is 2.19 bits per heavy atom. The van der Waals surface area contributed by atoms with E-state index in [1.54, 1.807) is 0 Å². The fourth-order valence-corrected chi connectivity index (χ4v) is 3.01. The van der Waals surface area contributed by atoms with Gasteiger partial charge in [-0.05, 0) is 25.0 Å². The number of unbranched alkanes of at least 4 members (excludes halogenated alkanes) is 1. The molecule has 0 radical (unpaired) electrons. The summed E-state index contributed by atoms with van der Waals surface area (Å²) in [6.45, 7) is 0. The van der Waals surface area contributed by atoms with Crippen LogP contribution in [0.15, 0.2) is 48.5 Å². The number of amides is 2. The van der Waals surface area contributed by atoms with Crippen LogP contribution in [0.1, 0.15) is 29.6 Å². The zero-order chi connectivity index (χ0) is 18.5. The van der Waals surface area contributed by atoms with Gasteiger partial charge in [0.05, 0.1) is 16.6 Å². The molecule has 0 saturated carbocycles. The molecule has 2 amide bonds. The number of terminal acetylenes is 1. The third-order valence-corrected chi connectivity index (χ3v) is 4.28. The van der Waals surface area contributed by atoms with Crippen LogP contribution >= 0.6 is 0 Å². The van der Waals surface area contributed by atoms with E-state index in [0.29, 0.717) is 24.8 Å². The fraction of sp³-hybridized carbons (Fsp3) is 0.190. The van der Waals surface area contributed by atoms with Gasteiger partial charge in [-0.2, -0.15) is 0 Å². The van der Waals surface area contributed by atoms with Gasteiger partial charge in [0.1, 0.15) is 6.04 Å². The van der Waals surface area contributed by atoms with Crippen molar-refractivity contribution in [2.45, 2.75) is 25.3 Å². The number of hydrogen-bond acceptors (Lipinski definition) is 3. The van der Waals surface area contributed by atoms with E-state index >= 15 is 0 Å². The first-order valence-corrected chi connectivity index (χ1v) is 8.43. The van der Waals surface area contributed by atoms with Crippen LogP contribution in [-0.4, -0.2) is 22.8 Å². The Hall–Kier alpha value is -3.39. The first-order valence-electron chi connectivity index (χ1n) is 8.43. The first kappa shape index (κ1) is 17.4. The van der Waals surface area contributed by atoms with Gasteiger partial charge in [0, 0.05) is 17.2 Å². The monoisotopic (exact) mass is 345 g/mol. The molecule has 3 rings (SSSR count). The predicted molar refractivity (Wildman–Crippen MR) is 102 cm³/mol. The summed E-state index contributed by atoms with van der Waals surface area (Å²) in [5.41, 5.74) is 7.39. The Bertz CT molecular complexity index is 967. The largest absolute Gasteiger partial charge is 0.368 e. The molecule has 3 N–H and O–H groups in total. The number of hydrogen-bond donors (Lipinski definition) is 2. The minimum Gasteiger partial charge on any atom is -0.368 e. The highest BCUT2D eigenvalue weighted by Crippen LogP contribution is 2.26. The number of aromatic nitrogens is 1. The maximum Gasteiger partial charge on any atom is 0.253 e. The lowest BCUT2D eigenvalue weighted by molar-refractivity contribution is -0.120. The van der Waals surface area contributed by atoms with Gasteiger partial charge in [0.15, 0.2) is 0 Å². The van der Waals surface area contributed by atoms with Crippen molar-refractivity contribution < 1.29 is 9.59 Å². The molecule has 0 spiro atoms. The summed E-state index contributed by atoms with van der Waals surface area (Å²) < 4.78 is 0. The average molecular weight is 345 g/mol. The SMILES string of the molecule is C#CCCC[C@H](NC(=O)c1c2ccccc2nc2ccccc12)C(N)=O. The molecule has 0 saturated heterocycles. The van der Waals surface area contributed by atoms with Crippen LogP contribution in [0.4, 0.5) is 0 Å². The minimum atomic E-state index is -0.762. The summed E-state index contributed by atoms with van der Waals surface area (Å²) in [5.74, 6) is 1.61. The van der Waals surface area contributed by atoms with E-state index < -0.39 is 11.9 Å². The molecule has 2 aromatic carbocycles. The molecule has 0 unspecified atom stereocenters. The van der Waals surface area contributed by atoms with Crippen LogP contribution in [0.25, 0.3) is 21.8 Å². The van der Waals surface area contributed by atoms with Gasteiger partial charge in [-0.15, -0.1) is 12.3 Å². The van der Waals surface area contributed by atoms with E-state index in [4.69, 9.17) is 12.2 Å². The number of para-hydroxylation sites is 2. The van der Waals surface area contributed by atoms with Crippen LogP contribution < -0.4 is 11.1 Å². The Balaban J connectivity index is 2.03. The molecule has 1 heterocycles. The number of carbonyl (C=O) groups is 2. The van der Waals surface area contributed by atoms with Crippen molar-refractivity contribution in [1.82, 2.24) is 10.3 Å². The zero-order valence-corrected chi connectivity index (χ0v) is 14.2. The summed E-state index contributed by atoms with van der Waals surface area (Å²) in [6, 6.07) is 14.1. The van der Waals surface area contributed by atoms with Gasteiger partial charge < -0.3 is 11.1 Å². The standard InChI is InChI=1S/C21H19N3O2/c1-2-3-4-13-18(20(22)25)24-21(26)19-14-9-5-7-11-16(14)23-17-12-8-6-10-15(17)19/h1,5-12,18H,3-4,13H2,(H2,22,25)(H,24,26)/t18-/m0/s1. The number of benzene rings is 2. The number of fused-ring (bicyclic) bond motifs is 2. The number of nitrogens with one attached hydrogen (secondary N) is 1. The molecule has 3 aromatic rings. The number of rotatable bonds is 6. The fourth-order valence-electron chi connectivity index (χ4n) is 3.01. The Morgan fingerprint density at radius 1 is 1.08 bits per heavy atom. The highest BCUT2D eigenvalue weighted by molar-refractivity contribution is 6.16. The summed E-state index contributed by atoms with van der Waals surface area (Å²) in [4.78, 5) is 29.4. The molecule has 5 nitrogen and oxygen atoms in total. The molecule has 5 heteroatoms. The van der Waals surface area contributed by atoms with E-state index in [9.17, 15) is 9.59 Å². The lowest BCUT2D eigenvalue weighted by atomic mass is 10.0. The normalized spacial score (nSPS) is 11.8. The Kier molecular flexibility index (Phi) is 5.14. The highest BCUT2D eigenvalue weighted by Gasteiger charge is 2.22. The van der Waals surface area contributed by atoms with E-state index in [-0.39, 0.29) is 5.91 Å². The number of nitrogens with zero attached hydrogens (tertiary/aromatic N) is 1. The molecule has 0 aliphatic rings. The number of carbonyl (C=O) groups excluding carboxylic acids is 2. The second-order valence-electron chi connectivity index (χ2n) is 6.05. The van der Waals surface area contributed by atoms with Crippen molar-refractivity contribution >= 4 is 33.6 Å². The molecule has 0 aliphatic carbocycles. The lowest BCUT2D eigenvalue weighted by Crippen LogP contribution is -2.44. The Labute approximate surface area is 151 Å². The third kappa shape index (κ3) is 3.50. The van der Waals surface area contributed by atoms with Gasteiger partial charge in [-0.3, -0.25) is 9.59 Å². The molecule has 130 valence electrons. The smallest absolute Gasteiger partial charge is 0.253 e. The summed E-state index contributed by atoms with van der Waals surface area (Å²) in [7, 11) is 0. The number of nitrogens with two attached hydrogens (primary N) is 1. The van der Waals surface area contributed by atoms with Crippen molar-refractivity contribution in [3.63, 3.8) is 0 Å². The van der Waals surface area contributed by atoms with E-state index in [2.05, 4.69) is 16.2 Å². The molecular formula is C21H19N3O2. The van der Waals surface area contributed by atoms with Gasteiger partial charge in [0.2, 0.25) is 5.91 Å². The molecule has 0 fully saturated rings. The molecule has 1 aromatic heterocycles. The molecule has 0 aliphatic heterocycles. The second kappa shape index (κ2) is 7.66. The number of primary amides is 1. The highest BCUT2D eigenvalue weighted by atomic mass is 16.2. The maximum absolute atomic E-state index is 13.0. The quantitative estimate of drug-likeness (QED) is 0.409. The van der Waals surface area contributed by atoms with Crippen molar-refractivity contribution in [3.8, 4) is 12.3 Å². The van der Waals surface area contributed by atoms with Crippen LogP contribution in [-0.2, 0) is 4.79 Å². The van der Waals surface area contributed by atoms with E-state index in [1.807, 2.05) is 48.5 Å². The second-order valence-corrected chi connectivity index (χ2v) is 6.05. The van der Waals surface area contributed by atoms with Crippen molar-refractivity contribution in [1.29, 1.82) is 0 Å². The van der Waals surface area contributed by atoms with E-state index in [0.717, 1.165) is 21.8 Å². The lowest BCUT2D eigenvalue weighted by Gasteiger charge is -2.17. The van der Waals surface area contributed by atoms with Gasteiger partial charge >= 0.3 is 0 Å². The van der Waals surface area contributed by atoms with Gasteiger partial charge in [-0.25, -0.2) is 4.98 Å². The molecular weight excluding hydrogens is 326 g/mol. The predicted octanol–water partition coefficient (Wildman–Crippen LogP) is 2.78. The van der Waals surface area contributed by atoms with Crippen molar-refractivity contribution in [3.05, 3.63) is 54.1 Å². The molecule has 26 heavy (non-hydrogen) atoms. The third-order valence-electron chi connectivity index (χ3n) is 4.28. The molecule has 1 atom stereocenters. The van der Waals surface area contributed by atoms with Gasteiger partial charge in [-0.1, -0.05) is 36.4 Å². The summed E-state index contributed by atoms with van der Waals surface area (Å²) >= 11 is 0. The summed E-state index contributed by atoms with van der Waals surface area (Å²) in [6.07, 6.45) is 6.80. The zero-order valence-electron chi connectivity index (χ0n) is 14.2. The number of pyridine rings is 1. The van der Waals surface area contributed by atoms with E-state index in [1.165, 1.54) is 0 Å². The van der Waals surface area contributed by atoms with Crippen LogP contribution in [0.2, 0.25) is 0 Å². The summed E-state index contributed by atoms with van der Waals surface area (Å²) in [5, 5.41) is 4.23. The Morgan fingerprint density at radius 2 is 1.65 bits per heavy atom. The maximum atomic E-state index is 13.0. The van der Waals surface area contributed by atoms with Crippen LogP contribution in [0.5, 0.6) is 0 Å². The van der Waals surface area contributed by atoms with Crippen molar-refractivity contribution in [2.75, 3.05) is 0 Å². The minimum absolute atomic E-state index is 0.343.